The Kier molecular flexibility index (Phi) is 5.84. The van der Waals surface area contributed by atoms with Crippen LogP contribution in [-0.2, 0) is 6.42 Å². The van der Waals surface area contributed by atoms with Gasteiger partial charge in [-0.25, -0.2) is 4.39 Å². The van der Waals surface area contributed by atoms with Gasteiger partial charge in [0.05, 0.1) is 30.1 Å². The van der Waals surface area contributed by atoms with Crippen molar-refractivity contribution in [2.75, 3.05) is 32.1 Å². The van der Waals surface area contributed by atoms with Gasteiger partial charge in [0, 0.05) is 37.5 Å². The first kappa shape index (κ1) is 19.6. The highest BCUT2D eigenvalue weighted by Gasteiger charge is 2.29. The maximum absolute atomic E-state index is 15.6. The minimum atomic E-state index is -0.541. The highest BCUT2D eigenvalue weighted by atomic mass is 19.1. The summed E-state index contributed by atoms with van der Waals surface area (Å²) < 4.78 is 21.4. The molecule has 1 aromatic carbocycles. The van der Waals surface area contributed by atoms with E-state index in [0.29, 0.717) is 49.2 Å². The smallest absolute Gasteiger partial charge is 0.157 e. The molecule has 1 aromatic rings. The van der Waals surface area contributed by atoms with E-state index in [1.807, 2.05) is 19.2 Å². The molecule has 0 bridgehead atoms. The molecule has 0 amide bonds. The van der Waals surface area contributed by atoms with Crippen molar-refractivity contribution in [3.05, 3.63) is 29.1 Å². The second-order valence-corrected chi connectivity index (χ2v) is 7.83. The average Bonchev–Trinajstić information content (AvgIpc) is 3.01. The zero-order chi connectivity index (χ0) is 19.7. The van der Waals surface area contributed by atoms with Crippen LogP contribution in [0.3, 0.4) is 0 Å². The van der Waals surface area contributed by atoms with Crippen LogP contribution in [0.2, 0.25) is 0 Å². The van der Waals surface area contributed by atoms with Gasteiger partial charge in [-0.1, -0.05) is 6.08 Å². The van der Waals surface area contributed by atoms with Crippen LogP contribution in [-0.4, -0.2) is 56.5 Å². The largest absolute Gasteiger partial charge is 0.492 e. The maximum Gasteiger partial charge on any atom is 0.157 e. The van der Waals surface area contributed by atoms with Crippen molar-refractivity contribution in [1.29, 1.82) is 0 Å². The van der Waals surface area contributed by atoms with Crippen LogP contribution in [0, 0.1) is 5.82 Å². The predicted molar refractivity (Wildman–Crippen MR) is 108 cm³/mol. The van der Waals surface area contributed by atoms with Gasteiger partial charge in [-0.15, -0.1) is 0 Å². The van der Waals surface area contributed by atoms with E-state index in [4.69, 9.17) is 4.74 Å². The molecule has 7 nitrogen and oxygen atoms in total. The quantitative estimate of drug-likeness (QED) is 0.451. The summed E-state index contributed by atoms with van der Waals surface area (Å²) in [6.07, 6.45) is 3.42. The van der Waals surface area contributed by atoms with E-state index in [9.17, 15) is 5.11 Å². The zero-order valence-corrected chi connectivity index (χ0v) is 16.4. The van der Waals surface area contributed by atoms with Crippen LogP contribution >= 0.6 is 0 Å². The minimum Gasteiger partial charge on any atom is -0.492 e. The van der Waals surface area contributed by atoms with Gasteiger partial charge < -0.3 is 25.8 Å². The lowest BCUT2D eigenvalue weighted by Gasteiger charge is -2.37. The Morgan fingerprint density at radius 1 is 1.32 bits per heavy atom. The van der Waals surface area contributed by atoms with Gasteiger partial charge in [0.1, 0.15) is 12.0 Å². The first-order valence-corrected chi connectivity index (χ1v) is 10.1. The minimum absolute atomic E-state index is 0.153. The lowest BCUT2D eigenvalue weighted by molar-refractivity contribution is 0.180. The van der Waals surface area contributed by atoms with Gasteiger partial charge >= 0.3 is 0 Å². The molecule has 3 aliphatic rings. The standard InChI is InChI=1S/C20H30FN5O2/c1-11-7-16(22-2)26-20(24-11)25-15-9-13-4-6-28-19(13)17(18(15)21)12-3-5-23-10-14(27)8-12/h3,9,11,14,16,20,22-27H,4-8,10H2,1-2H3. The van der Waals surface area contributed by atoms with Gasteiger partial charge in [0.2, 0.25) is 0 Å². The molecule has 4 atom stereocenters. The van der Waals surface area contributed by atoms with Crippen LogP contribution in [0.25, 0.3) is 5.57 Å². The molecule has 8 heteroatoms. The predicted octanol–water partition coefficient (Wildman–Crippen LogP) is 0.711. The van der Waals surface area contributed by atoms with E-state index in [1.54, 1.807) is 0 Å². The molecule has 4 rings (SSSR count). The first-order valence-electron chi connectivity index (χ1n) is 10.1. The summed E-state index contributed by atoms with van der Waals surface area (Å²) in [4.78, 5) is 0. The average molecular weight is 391 g/mol. The number of hydrogen-bond acceptors (Lipinski definition) is 7. The van der Waals surface area contributed by atoms with Crippen LogP contribution < -0.4 is 31.3 Å². The van der Waals surface area contributed by atoms with Gasteiger partial charge in [0.25, 0.3) is 0 Å². The van der Waals surface area contributed by atoms with Crippen molar-refractivity contribution in [2.24, 2.45) is 0 Å². The number of benzene rings is 1. The summed E-state index contributed by atoms with van der Waals surface area (Å²) in [5, 5.41) is 26.6. The summed E-state index contributed by atoms with van der Waals surface area (Å²) in [6, 6.07) is 2.15. The molecule has 1 fully saturated rings. The van der Waals surface area contributed by atoms with E-state index in [0.717, 1.165) is 24.0 Å². The number of hydrogen-bond donors (Lipinski definition) is 6. The lowest BCUT2D eigenvalue weighted by atomic mass is 9.95. The van der Waals surface area contributed by atoms with Crippen LogP contribution in [0.1, 0.15) is 30.9 Å². The number of aliphatic hydroxyl groups is 1. The number of aliphatic hydroxyl groups excluding tert-OH is 1. The fraction of sp³-hybridized carbons (Fsp3) is 0.600. The molecule has 154 valence electrons. The second kappa shape index (κ2) is 8.34. The summed E-state index contributed by atoms with van der Waals surface area (Å²) in [6.45, 7) is 3.77. The van der Waals surface area contributed by atoms with Crippen molar-refractivity contribution < 1.29 is 14.2 Å². The molecule has 4 unspecified atom stereocenters. The second-order valence-electron chi connectivity index (χ2n) is 7.83. The molecular formula is C20H30FN5O2. The zero-order valence-electron chi connectivity index (χ0n) is 16.4. The molecule has 6 N–H and O–H groups in total. The molecule has 1 saturated heterocycles. The highest BCUT2D eigenvalue weighted by Crippen LogP contribution is 2.41. The Morgan fingerprint density at radius 2 is 2.18 bits per heavy atom. The lowest BCUT2D eigenvalue weighted by Crippen LogP contribution is -2.63. The maximum atomic E-state index is 15.6. The normalized spacial score (nSPS) is 30.2. The third kappa shape index (κ3) is 4.01. The fourth-order valence-corrected chi connectivity index (χ4v) is 4.23. The number of β-amino-alcohol motifs (C(OH)–C–C–N with tert-alkyl or cyclic N) is 1. The molecular weight excluding hydrogens is 361 g/mol. The third-order valence-electron chi connectivity index (χ3n) is 5.62. The Bertz CT molecular complexity index is 757. The summed E-state index contributed by atoms with van der Waals surface area (Å²) in [5.41, 5.74) is 2.72. The summed E-state index contributed by atoms with van der Waals surface area (Å²) in [5.74, 6) is 0.290. The first-order chi connectivity index (χ1) is 13.5. The third-order valence-corrected chi connectivity index (χ3v) is 5.62. The Labute approximate surface area is 165 Å². The molecule has 0 aliphatic carbocycles. The number of nitrogens with one attached hydrogen (secondary N) is 5. The van der Waals surface area contributed by atoms with Gasteiger partial charge in [0.15, 0.2) is 5.82 Å². The number of anilines is 1. The SMILES string of the molecule is CNC1CC(C)NC(Nc2cc3c(c(C4=CCNCC(O)C4)c2F)OCC3)N1. The van der Waals surface area contributed by atoms with E-state index in [2.05, 4.69) is 33.5 Å². The highest BCUT2D eigenvalue weighted by molar-refractivity contribution is 5.77. The van der Waals surface area contributed by atoms with Gasteiger partial charge in [-0.2, -0.15) is 0 Å². The summed E-state index contributed by atoms with van der Waals surface area (Å²) >= 11 is 0. The van der Waals surface area contributed by atoms with Crippen LogP contribution in [0.5, 0.6) is 5.75 Å². The molecule has 0 aromatic heterocycles. The van der Waals surface area contributed by atoms with Crippen molar-refractivity contribution in [2.45, 2.75) is 50.8 Å². The number of rotatable bonds is 4. The van der Waals surface area contributed by atoms with E-state index in [-0.39, 0.29) is 18.3 Å². The molecule has 0 saturated carbocycles. The van der Waals surface area contributed by atoms with Crippen molar-refractivity contribution in [3.8, 4) is 5.75 Å². The monoisotopic (exact) mass is 391 g/mol. The fourth-order valence-electron chi connectivity index (χ4n) is 4.23. The van der Waals surface area contributed by atoms with Crippen molar-refractivity contribution in [3.63, 3.8) is 0 Å². The molecule has 3 heterocycles. The Morgan fingerprint density at radius 3 is 3.00 bits per heavy atom. The van der Waals surface area contributed by atoms with E-state index >= 15 is 4.39 Å². The van der Waals surface area contributed by atoms with E-state index < -0.39 is 6.10 Å². The number of ether oxygens (including phenoxy) is 1. The van der Waals surface area contributed by atoms with Crippen molar-refractivity contribution >= 4 is 11.3 Å². The summed E-state index contributed by atoms with van der Waals surface area (Å²) in [7, 11) is 1.91. The number of fused-ring (bicyclic) bond motifs is 1. The van der Waals surface area contributed by atoms with E-state index in [1.165, 1.54) is 0 Å². The van der Waals surface area contributed by atoms with Crippen LogP contribution in [0.15, 0.2) is 12.1 Å². The molecule has 28 heavy (non-hydrogen) atoms. The molecule has 0 radical (unpaired) electrons. The molecule has 0 spiro atoms. The molecule has 3 aliphatic heterocycles. The van der Waals surface area contributed by atoms with Gasteiger partial charge in [-0.05, 0) is 32.0 Å². The Balaban J connectivity index is 1.66. The Hall–Kier alpha value is -1.71. The topological polar surface area (TPSA) is 89.6 Å². The van der Waals surface area contributed by atoms with Crippen molar-refractivity contribution in [1.82, 2.24) is 21.3 Å². The van der Waals surface area contributed by atoms with Gasteiger partial charge in [-0.3, -0.25) is 10.6 Å². The van der Waals surface area contributed by atoms with Crippen LogP contribution in [0.4, 0.5) is 10.1 Å². The number of halogens is 1.